The quantitative estimate of drug-likeness (QED) is 0.603. The zero-order valence-corrected chi connectivity index (χ0v) is 19.4. The third-order valence-corrected chi connectivity index (χ3v) is 5.98. The molecule has 0 unspecified atom stereocenters. The van der Waals surface area contributed by atoms with Gasteiger partial charge in [-0.25, -0.2) is 14.8 Å². The molecular formula is C23H32N6O3. The lowest BCUT2D eigenvalue weighted by Crippen LogP contribution is -2.51. The molecule has 0 spiro atoms. The Morgan fingerprint density at radius 2 is 1.69 bits per heavy atom. The molecule has 0 aromatic carbocycles. The van der Waals surface area contributed by atoms with Crippen LogP contribution in [0.2, 0.25) is 0 Å². The Labute approximate surface area is 188 Å². The number of hydrogen-bond acceptors (Lipinski definition) is 6. The van der Waals surface area contributed by atoms with Crippen molar-refractivity contribution >= 4 is 17.9 Å². The van der Waals surface area contributed by atoms with Gasteiger partial charge in [0.2, 0.25) is 11.9 Å². The third-order valence-electron chi connectivity index (χ3n) is 5.98. The summed E-state index contributed by atoms with van der Waals surface area (Å²) < 4.78 is 5.43. The molecule has 2 amide bonds. The Morgan fingerprint density at radius 3 is 2.16 bits per heavy atom. The van der Waals surface area contributed by atoms with E-state index in [2.05, 4.69) is 30.8 Å². The minimum Gasteiger partial charge on any atom is -0.444 e. The molecule has 9 heteroatoms. The van der Waals surface area contributed by atoms with Crippen molar-refractivity contribution in [2.24, 2.45) is 17.8 Å². The van der Waals surface area contributed by atoms with Gasteiger partial charge in [0, 0.05) is 29.2 Å². The first-order valence-corrected chi connectivity index (χ1v) is 11.3. The van der Waals surface area contributed by atoms with Gasteiger partial charge in [-0.05, 0) is 78.1 Å². The predicted octanol–water partition coefficient (Wildman–Crippen LogP) is 3.75. The summed E-state index contributed by atoms with van der Waals surface area (Å²) in [5.74, 6) is 0.937. The number of rotatable bonds is 7. The zero-order chi connectivity index (χ0) is 23.0. The van der Waals surface area contributed by atoms with Crippen molar-refractivity contribution in [2.75, 3.05) is 5.32 Å². The number of aryl methyl sites for hydroxylation is 2. The molecule has 3 N–H and O–H groups in total. The Balaban J connectivity index is 1.50. The molecule has 0 bridgehead atoms. The molecule has 0 saturated heterocycles. The highest BCUT2D eigenvalue weighted by molar-refractivity contribution is 5.95. The number of H-pyrrole nitrogens is 1. The summed E-state index contributed by atoms with van der Waals surface area (Å²) in [6.07, 6.45) is 7.13. The highest BCUT2D eigenvalue weighted by atomic mass is 16.6. The van der Waals surface area contributed by atoms with E-state index in [-0.39, 0.29) is 17.8 Å². The van der Waals surface area contributed by atoms with E-state index in [9.17, 15) is 9.59 Å². The van der Waals surface area contributed by atoms with Crippen molar-refractivity contribution in [2.45, 2.75) is 71.9 Å². The van der Waals surface area contributed by atoms with Crippen LogP contribution in [0.15, 0.2) is 12.4 Å². The maximum Gasteiger partial charge on any atom is 0.408 e. The molecular weight excluding hydrogens is 408 g/mol. The van der Waals surface area contributed by atoms with E-state index < -0.39 is 17.7 Å². The van der Waals surface area contributed by atoms with E-state index in [1.807, 2.05) is 13.8 Å². The molecule has 2 saturated carbocycles. The second-order valence-corrected chi connectivity index (χ2v) is 9.97. The largest absolute Gasteiger partial charge is 0.444 e. The Morgan fingerprint density at radius 1 is 1.09 bits per heavy atom. The van der Waals surface area contributed by atoms with E-state index in [0.29, 0.717) is 11.8 Å². The summed E-state index contributed by atoms with van der Waals surface area (Å²) in [7, 11) is 0. The van der Waals surface area contributed by atoms with Crippen molar-refractivity contribution < 1.29 is 14.3 Å². The average Bonchev–Trinajstić information content (AvgIpc) is 3.62. The van der Waals surface area contributed by atoms with Gasteiger partial charge in [0.25, 0.3) is 0 Å². The Kier molecular flexibility index (Phi) is 5.92. The zero-order valence-electron chi connectivity index (χ0n) is 19.4. The van der Waals surface area contributed by atoms with E-state index >= 15 is 0 Å². The summed E-state index contributed by atoms with van der Waals surface area (Å²) in [6.45, 7) is 9.27. The maximum atomic E-state index is 13.3. The van der Waals surface area contributed by atoms with E-state index in [4.69, 9.17) is 4.74 Å². The number of amides is 2. The van der Waals surface area contributed by atoms with Crippen molar-refractivity contribution in [1.82, 2.24) is 25.5 Å². The number of anilines is 1. The standard InChI is InChI=1S/C23H32N6O3/c1-12-17(13(2)29-28-12)16-10-24-21(25-11-16)27-20(30)19(26-22(31)32-23(3,4)5)18(14-6-7-14)15-8-9-15/h10-11,14-15,18-19H,6-9H2,1-5H3,(H,26,31)(H,28,29)(H,24,25,27,30)/t19-/m0/s1. The number of aromatic amines is 1. The summed E-state index contributed by atoms with van der Waals surface area (Å²) in [5.41, 5.74) is 2.93. The fourth-order valence-corrected chi connectivity index (χ4v) is 4.35. The lowest BCUT2D eigenvalue weighted by Gasteiger charge is -2.28. The molecule has 9 nitrogen and oxygen atoms in total. The second kappa shape index (κ2) is 8.52. The fourth-order valence-electron chi connectivity index (χ4n) is 4.35. The smallest absolute Gasteiger partial charge is 0.408 e. The molecule has 0 aliphatic heterocycles. The highest BCUT2D eigenvalue weighted by Gasteiger charge is 2.48. The van der Waals surface area contributed by atoms with E-state index in [1.165, 1.54) is 0 Å². The van der Waals surface area contributed by atoms with Crippen LogP contribution >= 0.6 is 0 Å². The first-order valence-electron chi connectivity index (χ1n) is 11.3. The first kappa shape index (κ1) is 22.2. The molecule has 0 radical (unpaired) electrons. The van der Waals surface area contributed by atoms with Crippen LogP contribution in [0.5, 0.6) is 0 Å². The second-order valence-electron chi connectivity index (χ2n) is 9.97. The molecule has 2 aromatic heterocycles. The molecule has 4 rings (SSSR count). The van der Waals surface area contributed by atoms with Crippen LogP contribution in [0.1, 0.15) is 57.8 Å². The fraction of sp³-hybridized carbons (Fsp3) is 0.609. The third kappa shape index (κ3) is 5.26. The van der Waals surface area contributed by atoms with Crippen LogP contribution in [0.3, 0.4) is 0 Å². The monoisotopic (exact) mass is 440 g/mol. The van der Waals surface area contributed by atoms with Gasteiger partial charge >= 0.3 is 6.09 Å². The molecule has 2 aromatic rings. The van der Waals surface area contributed by atoms with Gasteiger partial charge in [-0.1, -0.05) is 0 Å². The van der Waals surface area contributed by atoms with Crippen LogP contribution in [0, 0.1) is 31.6 Å². The number of nitrogens with zero attached hydrogens (tertiary/aromatic N) is 3. The minimum atomic E-state index is -0.675. The van der Waals surface area contributed by atoms with Gasteiger partial charge in [0.1, 0.15) is 11.6 Å². The maximum absolute atomic E-state index is 13.3. The van der Waals surface area contributed by atoms with Crippen LogP contribution in [0.25, 0.3) is 11.1 Å². The lowest BCUT2D eigenvalue weighted by molar-refractivity contribution is -0.120. The van der Waals surface area contributed by atoms with Crippen molar-refractivity contribution in [3.05, 3.63) is 23.8 Å². The van der Waals surface area contributed by atoms with E-state index in [1.54, 1.807) is 33.2 Å². The van der Waals surface area contributed by atoms with Gasteiger partial charge in [-0.3, -0.25) is 15.2 Å². The van der Waals surface area contributed by atoms with E-state index in [0.717, 1.165) is 48.2 Å². The number of carbonyl (C=O) groups excluding carboxylic acids is 2. The molecule has 2 heterocycles. The summed E-state index contributed by atoms with van der Waals surface area (Å²) >= 11 is 0. The topological polar surface area (TPSA) is 122 Å². The average molecular weight is 441 g/mol. The van der Waals surface area contributed by atoms with Gasteiger partial charge in [0.15, 0.2) is 0 Å². The normalized spacial score (nSPS) is 17.2. The van der Waals surface area contributed by atoms with Crippen LogP contribution in [-0.2, 0) is 9.53 Å². The van der Waals surface area contributed by atoms with Crippen LogP contribution in [-0.4, -0.2) is 43.8 Å². The van der Waals surface area contributed by atoms with Gasteiger partial charge in [0.05, 0.1) is 5.69 Å². The van der Waals surface area contributed by atoms with Gasteiger partial charge in [-0.2, -0.15) is 5.10 Å². The lowest BCUT2D eigenvalue weighted by atomic mass is 9.89. The molecule has 32 heavy (non-hydrogen) atoms. The first-order chi connectivity index (χ1) is 15.1. The number of ether oxygens (including phenoxy) is 1. The number of alkyl carbamates (subject to hydrolysis) is 1. The van der Waals surface area contributed by atoms with Gasteiger partial charge in [-0.15, -0.1) is 0 Å². The molecule has 1 atom stereocenters. The Hall–Kier alpha value is -2.97. The molecule has 2 aliphatic carbocycles. The number of nitrogens with one attached hydrogen (secondary N) is 3. The van der Waals surface area contributed by atoms with Crippen molar-refractivity contribution in [3.63, 3.8) is 0 Å². The van der Waals surface area contributed by atoms with Gasteiger partial charge < -0.3 is 10.1 Å². The number of hydrogen-bond donors (Lipinski definition) is 3. The Bertz CT molecular complexity index is 955. The SMILES string of the molecule is Cc1n[nH]c(C)c1-c1cnc(NC(=O)[C@@H](NC(=O)OC(C)(C)C)C(C2CC2)C2CC2)nc1. The minimum absolute atomic E-state index is 0.109. The number of aromatic nitrogens is 4. The summed E-state index contributed by atoms with van der Waals surface area (Å²) in [4.78, 5) is 34.4. The highest BCUT2D eigenvalue weighted by Crippen LogP contribution is 2.50. The van der Waals surface area contributed by atoms with Crippen LogP contribution < -0.4 is 10.6 Å². The van der Waals surface area contributed by atoms with Crippen molar-refractivity contribution in [3.8, 4) is 11.1 Å². The van der Waals surface area contributed by atoms with Crippen molar-refractivity contribution in [1.29, 1.82) is 0 Å². The molecule has 172 valence electrons. The number of carbonyl (C=O) groups is 2. The molecule has 2 fully saturated rings. The predicted molar refractivity (Wildman–Crippen MR) is 120 cm³/mol. The molecule has 2 aliphatic rings. The summed E-state index contributed by atoms with van der Waals surface area (Å²) in [6, 6.07) is -0.675. The van der Waals surface area contributed by atoms with Crippen LogP contribution in [0.4, 0.5) is 10.7 Å². The summed E-state index contributed by atoms with van der Waals surface area (Å²) in [5, 5.41) is 12.8.